The van der Waals surface area contributed by atoms with Crippen molar-refractivity contribution in [2.75, 3.05) is 13.1 Å². The summed E-state index contributed by atoms with van der Waals surface area (Å²) in [6.07, 6.45) is 4.46. The van der Waals surface area contributed by atoms with Crippen LogP contribution in [0.4, 0.5) is 0 Å². The van der Waals surface area contributed by atoms with Gasteiger partial charge >= 0.3 is 0 Å². The Balaban J connectivity index is 2.18. The summed E-state index contributed by atoms with van der Waals surface area (Å²) in [5.41, 5.74) is 6.74. The number of benzene rings is 1. The molecule has 1 atom stereocenters. The fourth-order valence-electron chi connectivity index (χ4n) is 2.21. The number of halogens is 1. The first-order valence-corrected chi connectivity index (χ1v) is 7.74. The minimum Gasteiger partial charge on any atom is -0.356 e. The van der Waals surface area contributed by atoms with E-state index in [2.05, 4.69) is 12.2 Å². The summed E-state index contributed by atoms with van der Waals surface area (Å²) in [4.78, 5) is 11.7. The maximum atomic E-state index is 11.7. The minimum atomic E-state index is 0.134. The van der Waals surface area contributed by atoms with Gasteiger partial charge in [-0.25, -0.2) is 0 Å². The Morgan fingerprint density at radius 3 is 2.60 bits per heavy atom. The van der Waals surface area contributed by atoms with Gasteiger partial charge in [0.15, 0.2) is 0 Å². The molecule has 3 nitrogen and oxygen atoms in total. The Hall–Kier alpha value is -1.06. The van der Waals surface area contributed by atoms with E-state index in [4.69, 9.17) is 17.3 Å². The van der Waals surface area contributed by atoms with Gasteiger partial charge in [0.25, 0.3) is 0 Å². The normalized spacial score (nSPS) is 12.2. The third-order valence-electron chi connectivity index (χ3n) is 3.58. The lowest BCUT2D eigenvalue weighted by Crippen LogP contribution is -2.26. The number of nitrogens with two attached hydrogens (primary N) is 1. The van der Waals surface area contributed by atoms with Crippen molar-refractivity contribution in [1.29, 1.82) is 0 Å². The fourth-order valence-corrected chi connectivity index (χ4v) is 2.34. The van der Waals surface area contributed by atoms with Gasteiger partial charge in [0.2, 0.25) is 5.91 Å². The van der Waals surface area contributed by atoms with E-state index in [0.717, 1.165) is 30.7 Å². The predicted octanol–water partition coefficient (Wildman–Crippen LogP) is 3.15. The molecule has 4 heteroatoms. The molecule has 0 aliphatic carbocycles. The molecule has 0 radical (unpaired) electrons. The lowest BCUT2D eigenvalue weighted by atomic mass is 9.96. The van der Waals surface area contributed by atoms with E-state index in [1.807, 2.05) is 24.3 Å². The van der Waals surface area contributed by atoms with Crippen LogP contribution in [-0.4, -0.2) is 19.0 Å². The Bertz CT molecular complexity index is 392. The van der Waals surface area contributed by atoms with E-state index in [-0.39, 0.29) is 5.91 Å². The smallest absolute Gasteiger partial charge is 0.220 e. The molecule has 1 aromatic carbocycles. The van der Waals surface area contributed by atoms with E-state index in [1.165, 1.54) is 5.56 Å². The average molecular weight is 297 g/mol. The molecule has 0 fully saturated rings. The molecule has 1 unspecified atom stereocenters. The monoisotopic (exact) mass is 296 g/mol. The van der Waals surface area contributed by atoms with Crippen molar-refractivity contribution in [3.05, 3.63) is 34.9 Å². The molecule has 1 rings (SSSR count). The number of hydrogen-bond donors (Lipinski definition) is 2. The molecule has 1 aromatic rings. The quantitative estimate of drug-likeness (QED) is 0.735. The van der Waals surface area contributed by atoms with E-state index in [9.17, 15) is 4.79 Å². The molecule has 0 saturated heterocycles. The lowest BCUT2D eigenvalue weighted by molar-refractivity contribution is -0.121. The Labute approximate surface area is 126 Å². The first kappa shape index (κ1) is 17.0. The van der Waals surface area contributed by atoms with Crippen LogP contribution in [0.15, 0.2) is 24.3 Å². The summed E-state index contributed by atoms with van der Waals surface area (Å²) in [6.45, 7) is 3.53. The van der Waals surface area contributed by atoms with Crippen LogP contribution in [0.3, 0.4) is 0 Å². The van der Waals surface area contributed by atoms with Gasteiger partial charge < -0.3 is 11.1 Å². The number of rotatable bonds is 9. The summed E-state index contributed by atoms with van der Waals surface area (Å²) in [6, 6.07) is 7.72. The molecule has 0 saturated carbocycles. The van der Waals surface area contributed by atoms with Crippen molar-refractivity contribution >= 4 is 17.5 Å². The van der Waals surface area contributed by atoms with Gasteiger partial charge in [0.1, 0.15) is 0 Å². The zero-order valence-electron chi connectivity index (χ0n) is 12.2. The van der Waals surface area contributed by atoms with Crippen LogP contribution in [0.5, 0.6) is 0 Å². The SMILES string of the molecule is CCC(CCN)CCC(=O)NCCc1ccc(Cl)cc1. The molecule has 0 aliphatic heterocycles. The molecule has 112 valence electrons. The van der Waals surface area contributed by atoms with Gasteiger partial charge in [0.05, 0.1) is 0 Å². The van der Waals surface area contributed by atoms with Gasteiger partial charge in [-0.3, -0.25) is 4.79 Å². The Morgan fingerprint density at radius 1 is 1.30 bits per heavy atom. The van der Waals surface area contributed by atoms with Crippen LogP contribution in [0.2, 0.25) is 5.02 Å². The maximum Gasteiger partial charge on any atom is 0.220 e. The van der Waals surface area contributed by atoms with Crippen molar-refractivity contribution in [1.82, 2.24) is 5.32 Å². The summed E-state index contributed by atoms with van der Waals surface area (Å²) in [7, 11) is 0. The molecule has 0 heterocycles. The van der Waals surface area contributed by atoms with E-state index < -0.39 is 0 Å². The molecule has 0 aliphatic rings. The Morgan fingerprint density at radius 2 is 2.00 bits per heavy atom. The number of amides is 1. The first-order valence-electron chi connectivity index (χ1n) is 7.37. The van der Waals surface area contributed by atoms with Crippen LogP contribution in [0.25, 0.3) is 0 Å². The van der Waals surface area contributed by atoms with Gasteiger partial charge in [-0.1, -0.05) is 37.1 Å². The van der Waals surface area contributed by atoms with Crippen LogP contribution in [0, 0.1) is 5.92 Å². The van der Waals surface area contributed by atoms with Crippen LogP contribution in [-0.2, 0) is 11.2 Å². The third kappa shape index (κ3) is 6.92. The van der Waals surface area contributed by atoms with Gasteiger partial charge in [-0.05, 0) is 49.4 Å². The van der Waals surface area contributed by atoms with Crippen molar-refractivity contribution < 1.29 is 4.79 Å². The van der Waals surface area contributed by atoms with Crippen LogP contribution < -0.4 is 11.1 Å². The number of carbonyl (C=O) groups is 1. The topological polar surface area (TPSA) is 55.1 Å². The first-order chi connectivity index (χ1) is 9.65. The minimum absolute atomic E-state index is 0.134. The van der Waals surface area contributed by atoms with Crippen LogP contribution in [0.1, 0.15) is 38.2 Å². The molecule has 0 spiro atoms. The molecular weight excluding hydrogens is 272 g/mol. The van der Waals surface area contributed by atoms with Crippen molar-refractivity contribution in [3.63, 3.8) is 0 Å². The summed E-state index contributed by atoms with van der Waals surface area (Å²) in [5.74, 6) is 0.705. The number of carbonyl (C=O) groups excluding carboxylic acids is 1. The zero-order valence-corrected chi connectivity index (χ0v) is 13.0. The van der Waals surface area contributed by atoms with Crippen LogP contribution >= 0.6 is 11.6 Å². The molecule has 20 heavy (non-hydrogen) atoms. The van der Waals surface area contributed by atoms with Gasteiger partial charge in [-0.15, -0.1) is 0 Å². The lowest BCUT2D eigenvalue weighted by Gasteiger charge is -2.13. The second-order valence-electron chi connectivity index (χ2n) is 5.12. The second kappa shape index (κ2) is 9.78. The van der Waals surface area contributed by atoms with E-state index in [1.54, 1.807) is 0 Å². The molecule has 0 aromatic heterocycles. The van der Waals surface area contributed by atoms with Crippen molar-refractivity contribution in [3.8, 4) is 0 Å². The molecule has 3 N–H and O–H groups in total. The maximum absolute atomic E-state index is 11.7. The summed E-state index contributed by atoms with van der Waals surface area (Å²) in [5, 5.41) is 3.70. The van der Waals surface area contributed by atoms with E-state index >= 15 is 0 Å². The predicted molar refractivity (Wildman–Crippen MR) is 84.9 cm³/mol. The molecule has 0 bridgehead atoms. The number of nitrogens with one attached hydrogen (secondary N) is 1. The summed E-state index contributed by atoms with van der Waals surface area (Å²) < 4.78 is 0. The molecule has 1 amide bonds. The fraction of sp³-hybridized carbons (Fsp3) is 0.562. The second-order valence-corrected chi connectivity index (χ2v) is 5.55. The van der Waals surface area contributed by atoms with Crippen molar-refractivity contribution in [2.24, 2.45) is 11.7 Å². The van der Waals surface area contributed by atoms with Gasteiger partial charge in [-0.2, -0.15) is 0 Å². The largest absolute Gasteiger partial charge is 0.356 e. The van der Waals surface area contributed by atoms with E-state index in [0.29, 0.717) is 25.4 Å². The molecular formula is C16H25ClN2O. The highest BCUT2D eigenvalue weighted by Crippen LogP contribution is 2.14. The Kier molecular flexibility index (Phi) is 8.31. The standard InChI is InChI=1S/C16H25ClN2O/c1-2-13(9-11-18)5-8-16(20)19-12-10-14-3-6-15(17)7-4-14/h3-4,6-7,13H,2,5,8-12,18H2,1H3,(H,19,20). The third-order valence-corrected chi connectivity index (χ3v) is 3.83. The highest BCUT2D eigenvalue weighted by molar-refractivity contribution is 6.30. The van der Waals surface area contributed by atoms with Crippen molar-refractivity contribution in [2.45, 2.75) is 39.0 Å². The highest BCUT2D eigenvalue weighted by Gasteiger charge is 2.08. The zero-order chi connectivity index (χ0) is 14.8. The average Bonchev–Trinajstić information content (AvgIpc) is 2.45. The highest BCUT2D eigenvalue weighted by atomic mass is 35.5. The van der Waals surface area contributed by atoms with Gasteiger partial charge in [0, 0.05) is 18.0 Å². The number of hydrogen-bond acceptors (Lipinski definition) is 2. The summed E-state index contributed by atoms with van der Waals surface area (Å²) >= 11 is 5.83.